The van der Waals surface area contributed by atoms with Gasteiger partial charge in [0.2, 0.25) is 0 Å². The lowest BCUT2D eigenvalue weighted by Crippen LogP contribution is -2.27. The third-order valence-corrected chi connectivity index (χ3v) is 5.34. The molecule has 5 nitrogen and oxygen atoms in total. The second-order valence-electron chi connectivity index (χ2n) is 5.76. The van der Waals surface area contributed by atoms with E-state index in [2.05, 4.69) is 5.32 Å². The number of benzene rings is 2. The largest absolute Gasteiger partial charge is 0.399 e. The Balaban J connectivity index is 0.00000312. The fourth-order valence-electron chi connectivity index (χ4n) is 2.37. The standard InChI is InChI=1S/C18H22N2O3S.ClH/c1-14-8-9-16(19)12-17(14)18(21)20-10-5-11-24(22,23)13-15-6-3-2-4-7-15;/h2-4,6-9,12H,5,10-11,13,19H2,1H3,(H,20,21);1H. The maximum Gasteiger partial charge on any atom is 0.251 e. The number of nitrogens with one attached hydrogen (secondary N) is 1. The number of nitrogens with two attached hydrogens (primary N) is 1. The molecule has 2 aromatic carbocycles. The van der Waals surface area contributed by atoms with E-state index in [1.807, 2.05) is 25.1 Å². The lowest BCUT2D eigenvalue weighted by molar-refractivity contribution is 0.0953. The third-order valence-electron chi connectivity index (χ3n) is 3.65. The van der Waals surface area contributed by atoms with Crippen molar-refractivity contribution >= 4 is 33.8 Å². The molecule has 2 rings (SSSR count). The highest BCUT2D eigenvalue weighted by atomic mass is 35.5. The Hall–Kier alpha value is -2.05. The van der Waals surface area contributed by atoms with E-state index in [9.17, 15) is 13.2 Å². The molecule has 0 aliphatic rings. The van der Waals surface area contributed by atoms with Crippen molar-refractivity contribution in [3.63, 3.8) is 0 Å². The van der Waals surface area contributed by atoms with Crippen molar-refractivity contribution in [1.82, 2.24) is 5.32 Å². The maximum absolute atomic E-state index is 12.1. The molecule has 0 spiro atoms. The first-order valence-electron chi connectivity index (χ1n) is 7.76. The molecule has 0 radical (unpaired) electrons. The fourth-order valence-corrected chi connectivity index (χ4v) is 3.80. The van der Waals surface area contributed by atoms with Crippen LogP contribution in [0.5, 0.6) is 0 Å². The summed E-state index contributed by atoms with van der Waals surface area (Å²) in [7, 11) is -3.18. The van der Waals surface area contributed by atoms with Crippen LogP contribution in [0.3, 0.4) is 0 Å². The summed E-state index contributed by atoms with van der Waals surface area (Å²) in [6.07, 6.45) is 0.377. The van der Waals surface area contributed by atoms with Crippen LogP contribution in [0.4, 0.5) is 5.69 Å². The first kappa shape index (κ1) is 21.0. The summed E-state index contributed by atoms with van der Waals surface area (Å²) >= 11 is 0. The normalized spacial score (nSPS) is 10.8. The van der Waals surface area contributed by atoms with Crippen molar-refractivity contribution in [2.75, 3.05) is 18.0 Å². The molecule has 0 aliphatic carbocycles. The summed E-state index contributed by atoms with van der Waals surface area (Å²) in [4.78, 5) is 12.1. The van der Waals surface area contributed by atoms with Crippen molar-refractivity contribution in [2.45, 2.75) is 19.1 Å². The molecule has 0 saturated carbocycles. The van der Waals surface area contributed by atoms with Gasteiger partial charge in [-0.2, -0.15) is 0 Å². The summed E-state index contributed by atoms with van der Waals surface area (Å²) in [5.41, 5.74) is 8.34. The topological polar surface area (TPSA) is 89.3 Å². The van der Waals surface area contributed by atoms with Crippen molar-refractivity contribution < 1.29 is 13.2 Å². The Morgan fingerprint density at radius 1 is 1.12 bits per heavy atom. The molecule has 136 valence electrons. The van der Waals surface area contributed by atoms with Crippen LogP contribution < -0.4 is 11.1 Å². The number of amides is 1. The lowest BCUT2D eigenvalue weighted by Gasteiger charge is -2.09. The predicted octanol–water partition coefficient (Wildman–Crippen LogP) is 2.73. The van der Waals surface area contributed by atoms with Gasteiger partial charge in [0.25, 0.3) is 5.91 Å². The Labute approximate surface area is 155 Å². The highest BCUT2D eigenvalue weighted by Crippen LogP contribution is 2.12. The molecular formula is C18H23ClN2O3S. The van der Waals surface area contributed by atoms with Crippen LogP contribution in [0.2, 0.25) is 0 Å². The molecule has 0 saturated heterocycles. The van der Waals surface area contributed by atoms with Gasteiger partial charge in [-0.1, -0.05) is 36.4 Å². The van der Waals surface area contributed by atoms with E-state index in [0.717, 1.165) is 11.1 Å². The predicted molar refractivity (Wildman–Crippen MR) is 104 cm³/mol. The third kappa shape index (κ3) is 6.76. The number of rotatable bonds is 7. The van der Waals surface area contributed by atoms with Gasteiger partial charge in [0, 0.05) is 17.8 Å². The van der Waals surface area contributed by atoms with Gasteiger partial charge in [0.05, 0.1) is 11.5 Å². The smallest absolute Gasteiger partial charge is 0.251 e. The van der Waals surface area contributed by atoms with E-state index in [-0.39, 0.29) is 29.8 Å². The van der Waals surface area contributed by atoms with E-state index >= 15 is 0 Å². The summed E-state index contributed by atoms with van der Waals surface area (Å²) < 4.78 is 24.2. The minimum absolute atomic E-state index is 0. The second-order valence-corrected chi connectivity index (χ2v) is 7.95. The second kappa shape index (κ2) is 9.44. The number of aryl methyl sites for hydroxylation is 1. The number of hydrogen-bond acceptors (Lipinski definition) is 4. The quantitative estimate of drug-likeness (QED) is 0.569. The van der Waals surface area contributed by atoms with Crippen LogP contribution in [0.1, 0.15) is 27.9 Å². The molecule has 3 N–H and O–H groups in total. The van der Waals surface area contributed by atoms with E-state index in [0.29, 0.717) is 24.2 Å². The number of sulfone groups is 1. The minimum Gasteiger partial charge on any atom is -0.399 e. The van der Waals surface area contributed by atoms with E-state index in [1.54, 1.807) is 30.3 Å². The zero-order chi connectivity index (χ0) is 17.6. The van der Waals surface area contributed by atoms with Gasteiger partial charge in [-0.05, 0) is 36.6 Å². The number of halogens is 1. The van der Waals surface area contributed by atoms with Crippen LogP contribution in [0, 0.1) is 6.92 Å². The number of nitrogen functional groups attached to an aromatic ring is 1. The van der Waals surface area contributed by atoms with Gasteiger partial charge < -0.3 is 11.1 Å². The molecule has 0 aliphatic heterocycles. The number of hydrogen-bond donors (Lipinski definition) is 2. The SMILES string of the molecule is Cc1ccc(N)cc1C(=O)NCCCS(=O)(=O)Cc1ccccc1.Cl. The molecule has 7 heteroatoms. The van der Waals surface area contributed by atoms with Gasteiger partial charge in [0.15, 0.2) is 9.84 Å². The zero-order valence-corrected chi connectivity index (χ0v) is 15.7. The van der Waals surface area contributed by atoms with Gasteiger partial charge in [0.1, 0.15) is 0 Å². The Morgan fingerprint density at radius 2 is 1.80 bits per heavy atom. The monoisotopic (exact) mass is 382 g/mol. The molecule has 1 amide bonds. The molecule has 25 heavy (non-hydrogen) atoms. The van der Waals surface area contributed by atoms with Crippen molar-refractivity contribution in [1.29, 1.82) is 0 Å². The molecule has 0 bridgehead atoms. The van der Waals surface area contributed by atoms with Crippen LogP contribution in [0.25, 0.3) is 0 Å². The fraction of sp³-hybridized carbons (Fsp3) is 0.278. The molecule has 0 atom stereocenters. The summed E-state index contributed by atoms with van der Waals surface area (Å²) in [5.74, 6) is -0.172. The molecule has 0 unspecified atom stereocenters. The number of carbonyl (C=O) groups is 1. The first-order chi connectivity index (χ1) is 11.4. The maximum atomic E-state index is 12.1. The average molecular weight is 383 g/mol. The van der Waals surface area contributed by atoms with E-state index in [4.69, 9.17) is 5.73 Å². The minimum atomic E-state index is -3.18. The highest BCUT2D eigenvalue weighted by molar-refractivity contribution is 7.90. The Kier molecular flexibility index (Phi) is 7.93. The van der Waals surface area contributed by atoms with Crippen molar-refractivity contribution in [3.8, 4) is 0 Å². The summed E-state index contributed by atoms with van der Waals surface area (Å²) in [5, 5.41) is 2.74. The molecule has 0 aromatic heterocycles. The van der Waals surface area contributed by atoms with Gasteiger partial charge in [-0.15, -0.1) is 12.4 Å². The summed E-state index contributed by atoms with van der Waals surface area (Å²) in [6, 6.07) is 14.2. The van der Waals surface area contributed by atoms with Crippen LogP contribution in [-0.2, 0) is 15.6 Å². The molecule has 0 fully saturated rings. The summed E-state index contributed by atoms with van der Waals surface area (Å²) in [6.45, 7) is 2.14. The first-order valence-corrected chi connectivity index (χ1v) is 9.58. The molecular weight excluding hydrogens is 360 g/mol. The number of anilines is 1. The van der Waals surface area contributed by atoms with Crippen LogP contribution >= 0.6 is 12.4 Å². The zero-order valence-electron chi connectivity index (χ0n) is 14.1. The van der Waals surface area contributed by atoms with Gasteiger partial charge >= 0.3 is 0 Å². The van der Waals surface area contributed by atoms with Crippen LogP contribution in [0.15, 0.2) is 48.5 Å². The van der Waals surface area contributed by atoms with E-state index in [1.165, 1.54) is 0 Å². The Bertz CT molecular complexity index is 808. The molecule has 0 heterocycles. The number of carbonyl (C=O) groups excluding carboxylic acids is 1. The van der Waals surface area contributed by atoms with Crippen molar-refractivity contribution in [2.24, 2.45) is 0 Å². The Morgan fingerprint density at radius 3 is 2.48 bits per heavy atom. The van der Waals surface area contributed by atoms with Gasteiger partial charge in [-0.3, -0.25) is 4.79 Å². The van der Waals surface area contributed by atoms with Gasteiger partial charge in [-0.25, -0.2) is 8.42 Å². The lowest BCUT2D eigenvalue weighted by atomic mass is 10.1. The molecule has 2 aromatic rings. The van der Waals surface area contributed by atoms with Crippen LogP contribution in [-0.4, -0.2) is 26.6 Å². The van der Waals surface area contributed by atoms with Crippen molar-refractivity contribution in [3.05, 3.63) is 65.2 Å². The highest BCUT2D eigenvalue weighted by Gasteiger charge is 2.13. The van der Waals surface area contributed by atoms with E-state index < -0.39 is 9.84 Å². The average Bonchev–Trinajstić information content (AvgIpc) is 2.54.